The molecule has 3 aromatic rings. The summed E-state index contributed by atoms with van der Waals surface area (Å²) in [5.74, 6) is 1.06. The summed E-state index contributed by atoms with van der Waals surface area (Å²) in [4.78, 5) is 13.3. The molecule has 34 heavy (non-hydrogen) atoms. The molecule has 2 aliphatic rings. The molecule has 174 valence electrons. The van der Waals surface area contributed by atoms with Gasteiger partial charge in [-0.1, -0.05) is 52.8 Å². The number of ether oxygens (including phenoxy) is 1. The van der Waals surface area contributed by atoms with Gasteiger partial charge in [0.15, 0.2) is 5.69 Å². The number of aromatic nitrogens is 2. The molecule has 0 radical (unpaired) electrons. The summed E-state index contributed by atoms with van der Waals surface area (Å²) in [7, 11) is 0. The maximum atomic E-state index is 13.3. The summed E-state index contributed by atoms with van der Waals surface area (Å²) < 4.78 is 7.35. The van der Waals surface area contributed by atoms with Crippen molar-refractivity contribution < 1.29 is 9.53 Å². The topological polar surface area (TPSA) is 79.9 Å². The van der Waals surface area contributed by atoms with Gasteiger partial charge in [0.25, 0.3) is 5.91 Å². The van der Waals surface area contributed by atoms with Crippen LogP contribution in [-0.2, 0) is 0 Å². The van der Waals surface area contributed by atoms with Gasteiger partial charge in [0.1, 0.15) is 17.4 Å². The molecule has 10 heteroatoms. The van der Waals surface area contributed by atoms with Crippen LogP contribution in [0.4, 0.5) is 0 Å². The second-order valence-electron chi connectivity index (χ2n) is 8.58. The Hall–Kier alpha value is -2.43. The number of hydrogen-bond acceptors (Lipinski definition) is 4. The molecule has 1 N–H and O–H groups in total. The van der Waals surface area contributed by atoms with Gasteiger partial charge in [0, 0.05) is 17.1 Å². The molecule has 1 amide bonds. The first-order chi connectivity index (χ1) is 16.3. The van der Waals surface area contributed by atoms with E-state index in [2.05, 4.69) is 16.5 Å². The van der Waals surface area contributed by atoms with Crippen LogP contribution in [0.5, 0.6) is 11.6 Å². The number of nitriles is 1. The molecule has 3 unspecified atom stereocenters. The summed E-state index contributed by atoms with van der Waals surface area (Å²) in [6.07, 6.45) is 4.41. The standard InChI is InChI=1S/C24H18Cl4N4O2/c25-14-3-6-21(19(28)9-14)32-24(34-15-4-5-17(26)18(27)10-15)16(11-29)22(31-32)23(33)30-20-8-12-1-2-13(20)7-12/h3-6,9-10,12-13,20H,1-2,7-8H2,(H,30,33). The van der Waals surface area contributed by atoms with Crippen molar-refractivity contribution in [2.24, 2.45) is 11.8 Å². The van der Waals surface area contributed by atoms with E-state index in [0.29, 0.717) is 33.3 Å². The minimum absolute atomic E-state index is 0.0160. The van der Waals surface area contributed by atoms with Crippen molar-refractivity contribution in [3.05, 3.63) is 67.7 Å². The summed E-state index contributed by atoms with van der Waals surface area (Å²) in [5, 5.41) is 18.9. The molecular formula is C24H18Cl4N4O2. The van der Waals surface area contributed by atoms with Crippen molar-refractivity contribution in [2.45, 2.75) is 31.7 Å². The highest BCUT2D eigenvalue weighted by molar-refractivity contribution is 6.42. The number of halogens is 4. The molecule has 2 saturated carbocycles. The van der Waals surface area contributed by atoms with Gasteiger partial charge in [-0.05, 0) is 61.4 Å². The number of rotatable bonds is 5. The van der Waals surface area contributed by atoms with Gasteiger partial charge in [0.05, 0.1) is 20.8 Å². The van der Waals surface area contributed by atoms with Crippen LogP contribution in [0.1, 0.15) is 41.7 Å². The summed E-state index contributed by atoms with van der Waals surface area (Å²) in [5.41, 5.74) is 0.348. The molecule has 5 rings (SSSR count). The van der Waals surface area contributed by atoms with Gasteiger partial charge in [-0.2, -0.15) is 15.0 Å². The van der Waals surface area contributed by atoms with Crippen LogP contribution in [0.15, 0.2) is 36.4 Å². The van der Waals surface area contributed by atoms with E-state index in [9.17, 15) is 10.1 Å². The van der Waals surface area contributed by atoms with Crippen molar-refractivity contribution in [3.63, 3.8) is 0 Å². The number of nitrogens with one attached hydrogen (secondary N) is 1. The van der Waals surface area contributed by atoms with E-state index in [1.807, 2.05) is 0 Å². The van der Waals surface area contributed by atoms with Crippen LogP contribution in [-0.4, -0.2) is 21.7 Å². The minimum atomic E-state index is -0.420. The van der Waals surface area contributed by atoms with Gasteiger partial charge in [-0.25, -0.2) is 0 Å². The molecule has 1 aromatic heterocycles. The molecule has 2 fully saturated rings. The van der Waals surface area contributed by atoms with E-state index in [1.54, 1.807) is 30.3 Å². The quantitative estimate of drug-likeness (QED) is 0.379. The van der Waals surface area contributed by atoms with E-state index in [4.69, 9.17) is 51.1 Å². The number of amides is 1. The third kappa shape index (κ3) is 4.34. The van der Waals surface area contributed by atoms with Gasteiger partial charge >= 0.3 is 0 Å². The predicted molar refractivity (Wildman–Crippen MR) is 132 cm³/mol. The zero-order valence-corrected chi connectivity index (χ0v) is 20.7. The molecule has 2 bridgehead atoms. The van der Waals surface area contributed by atoms with E-state index >= 15 is 0 Å². The Labute approximate surface area is 216 Å². The van der Waals surface area contributed by atoms with E-state index in [-0.39, 0.29) is 33.2 Å². The Kier molecular flexibility index (Phi) is 6.39. The lowest BCUT2D eigenvalue weighted by atomic mass is 9.95. The summed E-state index contributed by atoms with van der Waals surface area (Å²) in [6.45, 7) is 0. The number of carbonyl (C=O) groups excluding carboxylic acids is 1. The predicted octanol–water partition coefficient (Wildman–Crippen LogP) is 7.07. The number of carbonyl (C=O) groups is 1. The lowest BCUT2D eigenvalue weighted by Gasteiger charge is -2.22. The lowest BCUT2D eigenvalue weighted by Crippen LogP contribution is -2.39. The average molecular weight is 536 g/mol. The highest BCUT2D eigenvalue weighted by Gasteiger charge is 2.41. The lowest BCUT2D eigenvalue weighted by molar-refractivity contribution is 0.0917. The van der Waals surface area contributed by atoms with Crippen LogP contribution in [0.25, 0.3) is 5.69 Å². The molecule has 6 nitrogen and oxygen atoms in total. The van der Waals surface area contributed by atoms with Crippen molar-refractivity contribution in [1.82, 2.24) is 15.1 Å². The van der Waals surface area contributed by atoms with Crippen molar-refractivity contribution in [1.29, 1.82) is 5.26 Å². The number of hydrogen-bond donors (Lipinski definition) is 1. The minimum Gasteiger partial charge on any atom is -0.437 e. The van der Waals surface area contributed by atoms with Crippen molar-refractivity contribution >= 4 is 52.3 Å². The second-order valence-corrected chi connectivity index (χ2v) is 10.2. The molecule has 0 spiro atoms. The fourth-order valence-electron chi connectivity index (χ4n) is 4.88. The van der Waals surface area contributed by atoms with E-state index in [0.717, 1.165) is 19.3 Å². The Morgan fingerprint density at radius 2 is 1.88 bits per heavy atom. The Bertz CT molecular complexity index is 1330. The van der Waals surface area contributed by atoms with E-state index in [1.165, 1.54) is 17.2 Å². The number of nitrogens with zero attached hydrogens (tertiary/aromatic N) is 3. The summed E-state index contributed by atoms with van der Waals surface area (Å²) >= 11 is 24.6. The summed E-state index contributed by atoms with van der Waals surface area (Å²) in [6, 6.07) is 11.7. The van der Waals surface area contributed by atoms with Crippen LogP contribution in [0, 0.1) is 23.2 Å². The van der Waals surface area contributed by atoms with Crippen molar-refractivity contribution in [3.8, 4) is 23.4 Å². The third-order valence-electron chi connectivity index (χ3n) is 6.47. The first kappa shape index (κ1) is 23.3. The van der Waals surface area contributed by atoms with E-state index < -0.39 is 5.91 Å². The monoisotopic (exact) mass is 534 g/mol. The molecular weight excluding hydrogens is 518 g/mol. The van der Waals surface area contributed by atoms with Crippen molar-refractivity contribution in [2.75, 3.05) is 0 Å². The molecule has 1 heterocycles. The normalized spacial score (nSPS) is 20.9. The molecule has 0 saturated heterocycles. The van der Waals surface area contributed by atoms with Gasteiger partial charge in [-0.3, -0.25) is 4.79 Å². The molecule has 0 aliphatic heterocycles. The highest BCUT2D eigenvalue weighted by Crippen LogP contribution is 2.44. The van der Waals surface area contributed by atoms with Crippen LogP contribution in [0.2, 0.25) is 20.1 Å². The maximum absolute atomic E-state index is 13.3. The van der Waals surface area contributed by atoms with Gasteiger partial charge < -0.3 is 10.1 Å². The zero-order valence-electron chi connectivity index (χ0n) is 17.7. The Morgan fingerprint density at radius 1 is 1.06 bits per heavy atom. The smallest absolute Gasteiger partial charge is 0.273 e. The van der Waals surface area contributed by atoms with Gasteiger partial charge in [0.2, 0.25) is 5.88 Å². The van der Waals surface area contributed by atoms with Gasteiger partial charge in [-0.15, -0.1) is 0 Å². The van der Waals surface area contributed by atoms with Crippen LogP contribution >= 0.6 is 46.4 Å². The first-order valence-corrected chi connectivity index (χ1v) is 12.3. The van der Waals surface area contributed by atoms with Crippen LogP contribution in [0.3, 0.4) is 0 Å². The van der Waals surface area contributed by atoms with Crippen LogP contribution < -0.4 is 10.1 Å². The SMILES string of the molecule is N#Cc1c(C(=O)NC2CC3CCC2C3)nn(-c2ccc(Cl)cc2Cl)c1Oc1ccc(Cl)c(Cl)c1. The fraction of sp³-hybridized carbons (Fsp3) is 0.292. The molecule has 2 aliphatic carbocycles. The zero-order chi connectivity index (χ0) is 24.0. The maximum Gasteiger partial charge on any atom is 0.273 e. The Balaban J connectivity index is 1.57. The fourth-order valence-corrected chi connectivity index (χ4v) is 5.66. The third-order valence-corrected chi connectivity index (χ3v) is 7.74. The largest absolute Gasteiger partial charge is 0.437 e. The number of fused-ring (bicyclic) bond motifs is 2. The molecule has 3 atom stereocenters. The first-order valence-electron chi connectivity index (χ1n) is 10.8. The number of benzene rings is 2. The Morgan fingerprint density at radius 3 is 2.53 bits per heavy atom. The second kappa shape index (κ2) is 9.31. The molecule has 2 aromatic carbocycles. The average Bonchev–Trinajstić information content (AvgIpc) is 3.51. The highest BCUT2D eigenvalue weighted by atomic mass is 35.5.